The third kappa shape index (κ3) is 6.54. The molecule has 0 radical (unpaired) electrons. The van der Waals surface area contributed by atoms with Gasteiger partial charge in [-0.25, -0.2) is 9.59 Å². The van der Waals surface area contributed by atoms with Crippen LogP contribution in [0.1, 0.15) is 27.7 Å². The van der Waals surface area contributed by atoms with E-state index in [4.69, 9.17) is 4.74 Å². The van der Waals surface area contributed by atoms with Gasteiger partial charge in [0.25, 0.3) is 0 Å². The normalized spacial score (nSPS) is 10.4. The Bertz CT molecular complexity index is 265. The summed E-state index contributed by atoms with van der Waals surface area (Å²) in [5, 5.41) is 2.19. The molecule has 0 heterocycles. The van der Waals surface area contributed by atoms with Gasteiger partial charge in [0, 0.05) is 0 Å². The van der Waals surface area contributed by atoms with Crippen molar-refractivity contribution >= 4 is 12.1 Å². The van der Waals surface area contributed by atoms with Crippen molar-refractivity contribution in [3.8, 4) is 0 Å². The van der Waals surface area contributed by atoms with Crippen molar-refractivity contribution in [3.63, 3.8) is 0 Å². The number of esters is 1. The SMILES string of the molecule is C=C(NC(=O)OC(C)(C)C)C(=O)OCC. The molecule has 15 heavy (non-hydrogen) atoms. The molecule has 1 amide bonds. The number of carbonyl (C=O) groups excluding carboxylic acids is 2. The lowest BCUT2D eigenvalue weighted by Crippen LogP contribution is -2.34. The first-order chi connectivity index (χ1) is 6.76. The fourth-order valence-corrected chi connectivity index (χ4v) is 0.696. The molecule has 0 rings (SSSR count). The highest BCUT2D eigenvalue weighted by molar-refractivity contribution is 5.91. The lowest BCUT2D eigenvalue weighted by Gasteiger charge is -2.19. The van der Waals surface area contributed by atoms with Gasteiger partial charge in [0.1, 0.15) is 11.3 Å². The Morgan fingerprint density at radius 1 is 1.33 bits per heavy atom. The van der Waals surface area contributed by atoms with Gasteiger partial charge < -0.3 is 9.47 Å². The number of amides is 1. The van der Waals surface area contributed by atoms with Crippen LogP contribution in [0.25, 0.3) is 0 Å². The summed E-state index contributed by atoms with van der Waals surface area (Å²) < 4.78 is 9.54. The largest absolute Gasteiger partial charge is 0.461 e. The Labute approximate surface area is 89.4 Å². The molecule has 0 bridgehead atoms. The molecular weight excluding hydrogens is 198 g/mol. The van der Waals surface area contributed by atoms with Crippen LogP contribution in [0.5, 0.6) is 0 Å². The second kappa shape index (κ2) is 5.38. The van der Waals surface area contributed by atoms with Crippen LogP contribution in [0.4, 0.5) is 4.79 Å². The highest BCUT2D eigenvalue weighted by atomic mass is 16.6. The van der Waals surface area contributed by atoms with Gasteiger partial charge in [0.2, 0.25) is 0 Å². The van der Waals surface area contributed by atoms with E-state index >= 15 is 0 Å². The van der Waals surface area contributed by atoms with Crippen LogP contribution in [-0.4, -0.2) is 24.3 Å². The molecule has 0 spiro atoms. The van der Waals surface area contributed by atoms with Gasteiger partial charge in [-0.1, -0.05) is 6.58 Å². The maximum absolute atomic E-state index is 11.2. The van der Waals surface area contributed by atoms with E-state index in [0.717, 1.165) is 0 Å². The summed E-state index contributed by atoms with van der Waals surface area (Å²) in [7, 11) is 0. The molecule has 0 fully saturated rings. The van der Waals surface area contributed by atoms with Gasteiger partial charge in [-0.05, 0) is 27.7 Å². The van der Waals surface area contributed by atoms with Crippen LogP contribution < -0.4 is 5.32 Å². The number of ether oxygens (including phenoxy) is 2. The first-order valence-corrected chi connectivity index (χ1v) is 4.62. The van der Waals surface area contributed by atoms with Crippen LogP contribution in [-0.2, 0) is 14.3 Å². The van der Waals surface area contributed by atoms with Crippen molar-refractivity contribution in [2.75, 3.05) is 6.61 Å². The quantitative estimate of drug-likeness (QED) is 0.573. The first kappa shape index (κ1) is 13.5. The Hall–Kier alpha value is -1.52. The molecule has 0 aliphatic heterocycles. The van der Waals surface area contributed by atoms with Gasteiger partial charge in [-0.3, -0.25) is 5.32 Å². The lowest BCUT2D eigenvalue weighted by molar-refractivity contribution is -0.138. The monoisotopic (exact) mass is 215 g/mol. The molecule has 5 heteroatoms. The van der Waals surface area contributed by atoms with E-state index in [1.54, 1.807) is 27.7 Å². The third-order valence-electron chi connectivity index (χ3n) is 1.17. The molecule has 0 aromatic heterocycles. The molecule has 86 valence electrons. The molecule has 0 aliphatic rings. The molecule has 1 N–H and O–H groups in total. The van der Waals surface area contributed by atoms with Crippen LogP contribution >= 0.6 is 0 Å². The fraction of sp³-hybridized carbons (Fsp3) is 0.600. The molecule has 0 aromatic carbocycles. The van der Waals surface area contributed by atoms with Crippen molar-refractivity contribution in [2.45, 2.75) is 33.3 Å². The van der Waals surface area contributed by atoms with Crippen LogP contribution in [0, 0.1) is 0 Å². The summed E-state index contributed by atoms with van der Waals surface area (Å²) in [5.74, 6) is -0.664. The predicted molar refractivity (Wildman–Crippen MR) is 55.1 cm³/mol. The number of hydrogen-bond donors (Lipinski definition) is 1. The molecule has 0 aromatic rings. The van der Waals surface area contributed by atoms with Crippen LogP contribution in [0.15, 0.2) is 12.3 Å². The van der Waals surface area contributed by atoms with E-state index in [-0.39, 0.29) is 12.3 Å². The minimum Gasteiger partial charge on any atom is -0.461 e. The van der Waals surface area contributed by atoms with Gasteiger partial charge in [-0.2, -0.15) is 0 Å². The number of nitrogens with one attached hydrogen (secondary N) is 1. The van der Waals surface area contributed by atoms with E-state index in [9.17, 15) is 9.59 Å². The minimum atomic E-state index is -0.722. The highest BCUT2D eigenvalue weighted by Crippen LogP contribution is 2.07. The Morgan fingerprint density at radius 2 is 1.87 bits per heavy atom. The maximum atomic E-state index is 11.2. The highest BCUT2D eigenvalue weighted by Gasteiger charge is 2.18. The number of alkyl carbamates (subject to hydrolysis) is 1. The summed E-state index contributed by atoms with van der Waals surface area (Å²) >= 11 is 0. The predicted octanol–water partition coefficient (Wildman–Crippen LogP) is 1.59. The van der Waals surface area contributed by atoms with E-state index in [0.29, 0.717) is 0 Å². The van der Waals surface area contributed by atoms with Crippen LogP contribution in [0.3, 0.4) is 0 Å². The molecular formula is C10H17NO4. The number of rotatable bonds is 3. The van der Waals surface area contributed by atoms with E-state index in [1.807, 2.05) is 0 Å². The molecule has 0 atom stereocenters. The van der Waals surface area contributed by atoms with Crippen molar-refractivity contribution in [2.24, 2.45) is 0 Å². The van der Waals surface area contributed by atoms with Crippen molar-refractivity contribution in [3.05, 3.63) is 12.3 Å². The zero-order valence-electron chi connectivity index (χ0n) is 9.55. The summed E-state index contributed by atoms with van der Waals surface area (Å²) in [6, 6.07) is 0. The zero-order valence-corrected chi connectivity index (χ0v) is 9.55. The summed E-state index contributed by atoms with van der Waals surface area (Å²) in [6.45, 7) is 10.4. The van der Waals surface area contributed by atoms with Gasteiger partial charge in [0.15, 0.2) is 0 Å². The van der Waals surface area contributed by atoms with E-state index in [1.165, 1.54) is 0 Å². The average molecular weight is 215 g/mol. The standard InChI is InChI=1S/C10H17NO4/c1-6-14-8(12)7(2)11-9(13)15-10(3,4)5/h2,6H2,1,3-5H3,(H,11,13). The van der Waals surface area contributed by atoms with Gasteiger partial charge in [0.05, 0.1) is 6.61 Å². The number of hydrogen-bond acceptors (Lipinski definition) is 4. The summed E-state index contributed by atoms with van der Waals surface area (Å²) in [4.78, 5) is 22.2. The van der Waals surface area contributed by atoms with E-state index < -0.39 is 17.7 Å². The molecule has 0 unspecified atom stereocenters. The molecule has 5 nitrogen and oxygen atoms in total. The van der Waals surface area contributed by atoms with Gasteiger partial charge >= 0.3 is 12.1 Å². The first-order valence-electron chi connectivity index (χ1n) is 4.62. The van der Waals surface area contributed by atoms with Crippen molar-refractivity contribution in [1.82, 2.24) is 5.32 Å². The maximum Gasteiger partial charge on any atom is 0.412 e. The van der Waals surface area contributed by atoms with Crippen LogP contribution in [0.2, 0.25) is 0 Å². The lowest BCUT2D eigenvalue weighted by atomic mass is 10.2. The van der Waals surface area contributed by atoms with Crippen molar-refractivity contribution < 1.29 is 19.1 Å². The fourth-order valence-electron chi connectivity index (χ4n) is 0.696. The van der Waals surface area contributed by atoms with Gasteiger partial charge in [-0.15, -0.1) is 0 Å². The molecule has 0 saturated carbocycles. The Morgan fingerprint density at radius 3 is 2.27 bits per heavy atom. The second-order valence-corrected chi connectivity index (χ2v) is 3.83. The van der Waals surface area contributed by atoms with E-state index in [2.05, 4.69) is 16.6 Å². The summed E-state index contributed by atoms with van der Waals surface area (Å²) in [5.41, 5.74) is -0.745. The molecule has 0 aliphatic carbocycles. The smallest absolute Gasteiger partial charge is 0.412 e. The zero-order chi connectivity index (χ0) is 12.1. The number of carbonyl (C=O) groups is 2. The second-order valence-electron chi connectivity index (χ2n) is 3.83. The Kier molecular flexibility index (Phi) is 4.84. The topological polar surface area (TPSA) is 64.6 Å². The molecule has 0 saturated heterocycles. The average Bonchev–Trinajstić information content (AvgIpc) is 2.00. The minimum absolute atomic E-state index is 0.133. The van der Waals surface area contributed by atoms with Crippen molar-refractivity contribution in [1.29, 1.82) is 0 Å². The Balaban J connectivity index is 4.08. The third-order valence-corrected chi connectivity index (χ3v) is 1.17. The summed E-state index contributed by atoms with van der Waals surface area (Å²) in [6.07, 6.45) is -0.722.